The molecule has 0 amide bonds. The van der Waals surface area contributed by atoms with Crippen molar-refractivity contribution in [1.82, 2.24) is 5.16 Å². The van der Waals surface area contributed by atoms with Crippen LogP contribution in [0.5, 0.6) is 11.5 Å². The number of halogens is 2. The van der Waals surface area contributed by atoms with E-state index in [1.807, 2.05) is 0 Å². The Balaban J connectivity index is 2.69. The highest BCUT2D eigenvalue weighted by Gasteiger charge is 2.23. The lowest BCUT2D eigenvalue weighted by Crippen LogP contribution is -1.93. The van der Waals surface area contributed by atoms with Gasteiger partial charge in [0.15, 0.2) is 11.5 Å². The molecule has 0 bridgehead atoms. The minimum atomic E-state index is -1.34. The summed E-state index contributed by atoms with van der Waals surface area (Å²) in [6, 6.07) is 1.83. The molecule has 1 aromatic heterocycles. The molecule has 0 unspecified atom stereocenters. The van der Waals surface area contributed by atoms with Crippen molar-refractivity contribution in [3.63, 3.8) is 0 Å². The Morgan fingerprint density at radius 3 is 2.74 bits per heavy atom. The van der Waals surface area contributed by atoms with E-state index in [0.717, 1.165) is 12.1 Å². The summed E-state index contributed by atoms with van der Waals surface area (Å²) in [5.74, 6) is -3.29. The van der Waals surface area contributed by atoms with Gasteiger partial charge in [0.05, 0.1) is 17.7 Å². The van der Waals surface area contributed by atoms with E-state index in [1.165, 1.54) is 7.11 Å². The van der Waals surface area contributed by atoms with Gasteiger partial charge in [-0.1, -0.05) is 16.8 Å². The summed E-state index contributed by atoms with van der Waals surface area (Å²) in [7, 11) is 1.24. The average Bonchev–Trinajstić information content (AvgIpc) is 2.82. The van der Waals surface area contributed by atoms with Crippen molar-refractivity contribution in [3.05, 3.63) is 28.7 Å². The van der Waals surface area contributed by atoms with Gasteiger partial charge in [0.25, 0.3) is 0 Å². The molecule has 0 aliphatic rings. The number of hydrogen-bond donors (Lipinski definition) is 2. The zero-order valence-electron chi connectivity index (χ0n) is 9.48. The smallest absolute Gasteiger partial charge is 0.374 e. The number of carboxylic acids is 1. The average molecular weight is 288 g/mol. The molecule has 1 heterocycles. The standard InChI is InChI=1S/C11H7ClFNO5/c1-18-10-6(15)2-4(13)9(12)8(10)5-3-7(11(16)17)19-14-5/h2-3,15H,1H3,(H,16,17). The lowest BCUT2D eigenvalue weighted by Gasteiger charge is -2.10. The van der Waals surface area contributed by atoms with Crippen LogP contribution in [0.4, 0.5) is 4.39 Å². The molecule has 0 atom stereocenters. The molecule has 0 aliphatic carbocycles. The Morgan fingerprint density at radius 2 is 2.21 bits per heavy atom. The zero-order chi connectivity index (χ0) is 14.2. The van der Waals surface area contributed by atoms with E-state index in [9.17, 15) is 14.3 Å². The summed E-state index contributed by atoms with van der Waals surface area (Å²) >= 11 is 5.78. The maximum Gasteiger partial charge on any atom is 0.374 e. The van der Waals surface area contributed by atoms with Crippen molar-refractivity contribution < 1.29 is 28.7 Å². The van der Waals surface area contributed by atoms with Crippen molar-refractivity contribution in [1.29, 1.82) is 0 Å². The summed E-state index contributed by atoms with van der Waals surface area (Å²) < 4.78 is 22.9. The second-order valence-electron chi connectivity index (χ2n) is 3.48. The first-order valence-corrected chi connectivity index (χ1v) is 5.28. The molecule has 19 heavy (non-hydrogen) atoms. The second kappa shape index (κ2) is 4.77. The molecule has 0 radical (unpaired) electrons. The molecule has 0 aliphatic heterocycles. The molecular weight excluding hydrogens is 281 g/mol. The van der Waals surface area contributed by atoms with Gasteiger partial charge in [-0.25, -0.2) is 9.18 Å². The number of rotatable bonds is 3. The molecule has 0 spiro atoms. The third-order valence-electron chi connectivity index (χ3n) is 2.33. The van der Waals surface area contributed by atoms with E-state index >= 15 is 0 Å². The van der Waals surface area contributed by atoms with E-state index in [1.54, 1.807) is 0 Å². The fraction of sp³-hybridized carbons (Fsp3) is 0.0909. The SMILES string of the molecule is COc1c(O)cc(F)c(Cl)c1-c1cc(C(=O)O)on1. The number of aromatic carboxylic acids is 1. The van der Waals surface area contributed by atoms with Crippen LogP contribution in [0.3, 0.4) is 0 Å². The van der Waals surface area contributed by atoms with E-state index in [2.05, 4.69) is 9.68 Å². The van der Waals surface area contributed by atoms with Gasteiger partial charge < -0.3 is 19.5 Å². The van der Waals surface area contributed by atoms with Crippen molar-refractivity contribution in [2.45, 2.75) is 0 Å². The van der Waals surface area contributed by atoms with Crippen LogP contribution in [0, 0.1) is 5.82 Å². The summed E-state index contributed by atoms with van der Waals surface area (Å²) in [4.78, 5) is 10.7. The molecular formula is C11H7ClFNO5. The summed E-state index contributed by atoms with van der Waals surface area (Å²) in [6.07, 6.45) is 0. The van der Waals surface area contributed by atoms with Crippen LogP contribution in [0.2, 0.25) is 5.02 Å². The lowest BCUT2D eigenvalue weighted by atomic mass is 10.1. The Labute approximate surface area is 111 Å². The third kappa shape index (κ3) is 2.19. The number of phenolic OH excluding ortho intramolecular Hbond substituents is 1. The van der Waals surface area contributed by atoms with Crippen molar-refractivity contribution in [2.75, 3.05) is 7.11 Å². The molecule has 0 saturated carbocycles. The lowest BCUT2D eigenvalue weighted by molar-refractivity contribution is 0.0652. The number of nitrogens with zero attached hydrogens (tertiary/aromatic N) is 1. The van der Waals surface area contributed by atoms with Gasteiger partial charge in [0.2, 0.25) is 5.76 Å². The molecule has 2 rings (SSSR count). The van der Waals surface area contributed by atoms with Gasteiger partial charge in [-0.15, -0.1) is 0 Å². The van der Waals surface area contributed by atoms with E-state index in [4.69, 9.17) is 21.4 Å². The number of benzene rings is 1. The third-order valence-corrected chi connectivity index (χ3v) is 2.70. The normalized spacial score (nSPS) is 10.5. The molecule has 0 fully saturated rings. The van der Waals surface area contributed by atoms with Crippen LogP contribution < -0.4 is 4.74 Å². The highest BCUT2D eigenvalue weighted by molar-refractivity contribution is 6.34. The van der Waals surface area contributed by atoms with E-state index in [-0.39, 0.29) is 22.0 Å². The quantitative estimate of drug-likeness (QED) is 0.901. The number of phenols is 1. The minimum absolute atomic E-state index is 0.0611. The first-order chi connectivity index (χ1) is 8.95. The fourth-order valence-electron chi connectivity index (χ4n) is 1.53. The summed E-state index contributed by atoms with van der Waals surface area (Å²) in [6.45, 7) is 0. The van der Waals surface area contributed by atoms with Crippen LogP contribution in [-0.2, 0) is 0 Å². The van der Waals surface area contributed by atoms with Gasteiger partial charge in [0, 0.05) is 12.1 Å². The monoisotopic (exact) mass is 287 g/mol. The number of ether oxygens (including phenoxy) is 1. The molecule has 100 valence electrons. The number of aromatic nitrogens is 1. The first-order valence-electron chi connectivity index (χ1n) is 4.91. The van der Waals surface area contributed by atoms with Crippen LogP contribution in [0.1, 0.15) is 10.6 Å². The largest absolute Gasteiger partial charge is 0.504 e. The van der Waals surface area contributed by atoms with Gasteiger partial charge in [0.1, 0.15) is 11.5 Å². The second-order valence-corrected chi connectivity index (χ2v) is 3.86. The predicted octanol–water partition coefficient (Wildman–Crippen LogP) is 2.55. The van der Waals surface area contributed by atoms with Crippen LogP contribution >= 0.6 is 11.6 Å². The van der Waals surface area contributed by atoms with Gasteiger partial charge >= 0.3 is 5.97 Å². The van der Waals surface area contributed by atoms with Crippen molar-refractivity contribution >= 4 is 17.6 Å². The van der Waals surface area contributed by atoms with Crippen molar-refractivity contribution in [2.24, 2.45) is 0 Å². The zero-order valence-corrected chi connectivity index (χ0v) is 10.2. The van der Waals surface area contributed by atoms with Gasteiger partial charge in [-0.05, 0) is 0 Å². The number of carbonyl (C=O) groups is 1. The van der Waals surface area contributed by atoms with Gasteiger partial charge in [-0.2, -0.15) is 0 Å². The van der Waals surface area contributed by atoms with E-state index in [0.29, 0.717) is 0 Å². The number of carboxylic acid groups (broad SMARTS) is 1. The maximum absolute atomic E-state index is 13.5. The molecule has 0 saturated heterocycles. The number of aromatic hydroxyl groups is 1. The van der Waals surface area contributed by atoms with E-state index < -0.39 is 23.3 Å². The summed E-state index contributed by atoms with van der Waals surface area (Å²) in [5.41, 5.74) is -0.146. The van der Waals surface area contributed by atoms with Crippen LogP contribution in [0.25, 0.3) is 11.3 Å². The van der Waals surface area contributed by atoms with Crippen LogP contribution in [-0.4, -0.2) is 28.4 Å². The van der Waals surface area contributed by atoms with Crippen molar-refractivity contribution in [3.8, 4) is 22.8 Å². The number of methoxy groups -OCH3 is 1. The number of hydrogen-bond acceptors (Lipinski definition) is 5. The van der Waals surface area contributed by atoms with Gasteiger partial charge in [-0.3, -0.25) is 0 Å². The molecule has 2 aromatic rings. The molecule has 2 N–H and O–H groups in total. The highest BCUT2D eigenvalue weighted by atomic mass is 35.5. The Kier molecular flexibility index (Phi) is 3.30. The Morgan fingerprint density at radius 1 is 1.53 bits per heavy atom. The minimum Gasteiger partial charge on any atom is -0.504 e. The van der Waals surface area contributed by atoms with Crippen LogP contribution in [0.15, 0.2) is 16.7 Å². The molecule has 1 aromatic carbocycles. The Bertz CT molecular complexity index is 655. The maximum atomic E-state index is 13.5. The highest BCUT2D eigenvalue weighted by Crippen LogP contribution is 2.43. The Hall–Kier alpha value is -2.28. The summed E-state index contributed by atoms with van der Waals surface area (Å²) in [5, 5.41) is 21.4. The predicted molar refractivity (Wildman–Crippen MR) is 62.1 cm³/mol. The first kappa shape index (κ1) is 13.2. The fourth-order valence-corrected chi connectivity index (χ4v) is 1.76. The molecule has 6 nitrogen and oxygen atoms in total. The topological polar surface area (TPSA) is 92.8 Å². The molecule has 8 heteroatoms.